The number of aliphatic hydroxyl groups is 1. The Bertz CT molecular complexity index is 936. The zero-order valence-electron chi connectivity index (χ0n) is 14.1. The molecule has 0 bridgehead atoms. The van der Waals surface area contributed by atoms with Crippen molar-refractivity contribution in [2.75, 3.05) is 5.32 Å². The molecule has 134 valence electrons. The SMILES string of the molecule is O=C(Nc1ccc2ncc(-c3csc(CO)c3)nc2n1)NC1CCCC1. The Morgan fingerprint density at radius 2 is 2.12 bits per heavy atom. The van der Waals surface area contributed by atoms with Crippen LogP contribution in [-0.4, -0.2) is 32.1 Å². The largest absolute Gasteiger partial charge is 0.391 e. The third kappa shape index (κ3) is 3.66. The molecule has 4 rings (SSSR count). The molecule has 0 radical (unpaired) electrons. The van der Waals surface area contributed by atoms with E-state index in [-0.39, 0.29) is 18.7 Å². The number of hydrogen-bond donors (Lipinski definition) is 3. The van der Waals surface area contributed by atoms with Crippen LogP contribution in [0.3, 0.4) is 0 Å². The Morgan fingerprint density at radius 1 is 1.27 bits per heavy atom. The Labute approximate surface area is 154 Å². The minimum absolute atomic E-state index is 0.00804. The summed E-state index contributed by atoms with van der Waals surface area (Å²) < 4.78 is 0. The van der Waals surface area contributed by atoms with Gasteiger partial charge in [0.15, 0.2) is 5.65 Å². The summed E-state index contributed by atoms with van der Waals surface area (Å²) in [6.07, 6.45) is 6.08. The molecule has 0 spiro atoms. The van der Waals surface area contributed by atoms with Crippen molar-refractivity contribution in [2.24, 2.45) is 0 Å². The van der Waals surface area contributed by atoms with E-state index in [0.29, 0.717) is 22.7 Å². The highest BCUT2D eigenvalue weighted by atomic mass is 32.1. The summed E-state index contributed by atoms with van der Waals surface area (Å²) in [5.41, 5.74) is 2.71. The first-order valence-corrected chi connectivity index (χ1v) is 9.49. The highest BCUT2D eigenvalue weighted by Crippen LogP contribution is 2.25. The lowest BCUT2D eigenvalue weighted by molar-refractivity contribution is 0.248. The van der Waals surface area contributed by atoms with Crippen LogP contribution in [-0.2, 0) is 6.61 Å². The lowest BCUT2D eigenvalue weighted by Crippen LogP contribution is -2.36. The number of amides is 2. The highest BCUT2D eigenvalue weighted by Gasteiger charge is 2.17. The van der Waals surface area contributed by atoms with Gasteiger partial charge in [-0.25, -0.2) is 14.8 Å². The van der Waals surface area contributed by atoms with Crippen LogP contribution in [0.5, 0.6) is 0 Å². The highest BCUT2D eigenvalue weighted by molar-refractivity contribution is 7.10. The van der Waals surface area contributed by atoms with Gasteiger partial charge in [-0.2, -0.15) is 0 Å². The lowest BCUT2D eigenvalue weighted by Gasteiger charge is -2.12. The lowest BCUT2D eigenvalue weighted by atomic mass is 10.2. The number of nitrogens with one attached hydrogen (secondary N) is 2. The van der Waals surface area contributed by atoms with Gasteiger partial charge in [-0.15, -0.1) is 11.3 Å². The number of hydrogen-bond acceptors (Lipinski definition) is 6. The van der Waals surface area contributed by atoms with Crippen LogP contribution in [0, 0.1) is 0 Å². The van der Waals surface area contributed by atoms with Gasteiger partial charge in [0.2, 0.25) is 0 Å². The monoisotopic (exact) mass is 369 g/mol. The fourth-order valence-corrected chi connectivity index (χ4v) is 3.85. The van der Waals surface area contributed by atoms with Gasteiger partial charge in [-0.3, -0.25) is 10.3 Å². The molecule has 7 nitrogen and oxygen atoms in total. The Morgan fingerprint density at radius 3 is 2.88 bits per heavy atom. The number of carbonyl (C=O) groups excluding carboxylic acids is 1. The average Bonchev–Trinajstić information content (AvgIpc) is 3.32. The molecule has 2 amide bonds. The fraction of sp³-hybridized carbons (Fsp3) is 0.333. The predicted molar refractivity (Wildman–Crippen MR) is 101 cm³/mol. The van der Waals surface area contributed by atoms with E-state index in [4.69, 9.17) is 0 Å². The van der Waals surface area contributed by atoms with E-state index in [0.717, 1.165) is 36.1 Å². The van der Waals surface area contributed by atoms with Crippen molar-refractivity contribution < 1.29 is 9.90 Å². The number of rotatable bonds is 4. The molecular weight excluding hydrogens is 350 g/mol. The second kappa shape index (κ2) is 7.35. The molecule has 0 aliphatic heterocycles. The topological polar surface area (TPSA) is 100 Å². The molecule has 0 atom stereocenters. The molecule has 8 heteroatoms. The normalized spacial score (nSPS) is 14.7. The molecule has 0 aromatic carbocycles. The van der Waals surface area contributed by atoms with E-state index in [1.54, 1.807) is 18.3 Å². The van der Waals surface area contributed by atoms with Crippen molar-refractivity contribution >= 4 is 34.3 Å². The third-order valence-corrected chi connectivity index (χ3v) is 5.37. The second-order valence-corrected chi connectivity index (χ2v) is 7.33. The maximum Gasteiger partial charge on any atom is 0.320 e. The molecule has 1 saturated carbocycles. The predicted octanol–water partition coefficient (Wildman–Crippen LogP) is 3.31. The number of carbonyl (C=O) groups is 1. The zero-order chi connectivity index (χ0) is 17.9. The van der Waals surface area contributed by atoms with Gasteiger partial charge >= 0.3 is 6.03 Å². The molecule has 0 saturated heterocycles. The molecule has 3 aromatic rings. The van der Waals surface area contributed by atoms with Gasteiger partial charge in [0.25, 0.3) is 0 Å². The zero-order valence-corrected chi connectivity index (χ0v) is 14.9. The van der Waals surface area contributed by atoms with Crippen molar-refractivity contribution in [1.29, 1.82) is 0 Å². The third-order valence-electron chi connectivity index (χ3n) is 4.44. The summed E-state index contributed by atoms with van der Waals surface area (Å²) >= 11 is 1.47. The van der Waals surface area contributed by atoms with Gasteiger partial charge in [0.05, 0.1) is 18.5 Å². The Hall–Kier alpha value is -2.58. The smallest absolute Gasteiger partial charge is 0.320 e. The van der Waals surface area contributed by atoms with E-state index in [1.165, 1.54) is 11.3 Å². The molecule has 26 heavy (non-hydrogen) atoms. The summed E-state index contributed by atoms with van der Waals surface area (Å²) in [7, 11) is 0. The number of thiophene rings is 1. The van der Waals surface area contributed by atoms with Crippen LogP contribution in [0.4, 0.5) is 10.6 Å². The number of anilines is 1. The molecule has 0 unspecified atom stereocenters. The first-order chi connectivity index (χ1) is 12.7. The first-order valence-electron chi connectivity index (χ1n) is 8.61. The van der Waals surface area contributed by atoms with Crippen LogP contribution in [0.15, 0.2) is 29.8 Å². The van der Waals surface area contributed by atoms with Gasteiger partial charge in [-0.1, -0.05) is 12.8 Å². The van der Waals surface area contributed by atoms with Crippen molar-refractivity contribution in [3.05, 3.63) is 34.7 Å². The molecule has 1 aliphatic rings. The average molecular weight is 369 g/mol. The van der Waals surface area contributed by atoms with Crippen LogP contribution in [0.1, 0.15) is 30.6 Å². The minimum Gasteiger partial charge on any atom is -0.391 e. The van der Waals surface area contributed by atoms with Gasteiger partial charge in [0, 0.05) is 21.9 Å². The maximum absolute atomic E-state index is 12.1. The molecular formula is C18H19N5O2S. The second-order valence-electron chi connectivity index (χ2n) is 6.33. The van der Waals surface area contributed by atoms with Crippen molar-refractivity contribution in [2.45, 2.75) is 38.3 Å². The number of pyridine rings is 1. The summed E-state index contributed by atoms with van der Waals surface area (Å²) in [5.74, 6) is 0.445. The number of fused-ring (bicyclic) bond motifs is 1. The van der Waals surface area contributed by atoms with Gasteiger partial charge < -0.3 is 10.4 Å². The maximum atomic E-state index is 12.1. The summed E-state index contributed by atoms with van der Waals surface area (Å²) in [5, 5.41) is 16.9. The van der Waals surface area contributed by atoms with E-state index in [1.807, 2.05) is 11.4 Å². The number of urea groups is 1. The van der Waals surface area contributed by atoms with Crippen LogP contribution in [0.2, 0.25) is 0 Å². The van der Waals surface area contributed by atoms with Crippen LogP contribution < -0.4 is 10.6 Å². The van der Waals surface area contributed by atoms with Crippen LogP contribution in [0.25, 0.3) is 22.4 Å². The Kier molecular flexibility index (Phi) is 4.77. The van der Waals surface area contributed by atoms with E-state index < -0.39 is 0 Å². The summed E-state index contributed by atoms with van der Waals surface area (Å²) in [4.78, 5) is 26.3. The van der Waals surface area contributed by atoms with Gasteiger partial charge in [-0.05, 0) is 31.0 Å². The van der Waals surface area contributed by atoms with E-state index >= 15 is 0 Å². The summed E-state index contributed by atoms with van der Waals surface area (Å²) in [6.45, 7) is 0.00804. The minimum atomic E-state index is -0.238. The molecule has 1 fully saturated rings. The fourth-order valence-electron chi connectivity index (χ4n) is 3.11. The molecule has 3 heterocycles. The molecule has 3 aromatic heterocycles. The quantitative estimate of drug-likeness (QED) is 0.655. The van der Waals surface area contributed by atoms with Crippen molar-refractivity contribution in [3.63, 3.8) is 0 Å². The van der Waals surface area contributed by atoms with Gasteiger partial charge in [0.1, 0.15) is 11.3 Å². The number of aliphatic hydroxyl groups excluding tert-OH is 1. The first kappa shape index (κ1) is 16.9. The van der Waals surface area contributed by atoms with Crippen molar-refractivity contribution in [3.8, 4) is 11.3 Å². The van der Waals surface area contributed by atoms with Crippen LogP contribution >= 0.6 is 11.3 Å². The van der Waals surface area contributed by atoms with E-state index in [9.17, 15) is 9.90 Å². The van der Waals surface area contributed by atoms with Crippen molar-refractivity contribution in [1.82, 2.24) is 20.3 Å². The Balaban J connectivity index is 1.54. The molecule has 1 aliphatic carbocycles. The summed E-state index contributed by atoms with van der Waals surface area (Å²) in [6, 6.07) is 5.41. The molecule has 3 N–H and O–H groups in total. The number of aromatic nitrogens is 3. The standard InChI is InChI=1S/C18H19N5O2S/c24-9-13-7-11(10-26-13)15-8-19-14-5-6-16(22-17(14)21-15)23-18(25)20-12-3-1-2-4-12/h5-8,10,12,24H,1-4,9H2,(H2,20,21,22,23,25). The number of nitrogens with zero attached hydrogens (tertiary/aromatic N) is 3. The van der Waals surface area contributed by atoms with E-state index in [2.05, 4.69) is 25.6 Å².